The fourth-order valence-electron chi connectivity index (χ4n) is 2.23. The molecule has 8 heteroatoms. The van der Waals surface area contributed by atoms with Gasteiger partial charge in [-0.25, -0.2) is 9.78 Å². The molecule has 116 valence electrons. The molecular formula is C13H18N2O4S2. The quantitative estimate of drug-likeness (QED) is 0.849. The Labute approximate surface area is 131 Å². The fraction of sp³-hybridized carbons (Fsp3) is 0.615. The lowest BCUT2D eigenvalue weighted by Gasteiger charge is -2.35. The molecule has 1 fully saturated rings. The summed E-state index contributed by atoms with van der Waals surface area (Å²) in [7, 11) is 0. The highest BCUT2D eigenvalue weighted by Gasteiger charge is 2.26. The van der Waals surface area contributed by atoms with Gasteiger partial charge < -0.3 is 14.7 Å². The minimum atomic E-state index is -0.973. The smallest absolute Gasteiger partial charge is 0.347 e. The fourth-order valence-corrected chi connectivity index (χ4v) is 4.16. The van der Waals surface area contributed by atoms with Crippen molar-refractivity contribution in [3.05, 3.63) is 10.6 Å². The maximum absolute atomic E-state index is 12.2. The molecule has 2 unspecified atom stereocenters. The van der Waals surface area contributed by atoms with E-state index in [0.29, 0.717) is 23.1 Å². The SMILES string of the molecule is Cc1nc(SCC(=O)N2CC(C)OC(C)C2)sc1C(=O)O. The molecule has 1 aromatic heterocycles. The van der Waals surface area contributed by atoms with Gasteiger partial charge in [-0.15, -0.1) is 11.3 Å². The summed E-state index contributed by atoms with van der Waals surface area (Å²) < 4.78 is 6.22. The standard InChI is InChI=1S/C13H18N2O4S2/c1-7-4-15(5-8(2)19-7)10(16)6-20-13-14-9(3)11(21-13)12(17)18/h7-8H,4-6H2,1-3H3,(H,17,18). The Morgan fingerprint density at radius 1 is 1.43 bits per heavy atom. The highest BCUT2D eigenvalue weighted by atomic mass is 32.2. The van der Waals surface area contributed by atoms with Crippen molar-refractivity contribution < 1.29 is 19.4 Å². The molecule has 0 spiro atoms. The Balaban J connectivity index is 1.92. The van der Waals surface area contributed by atoms with Crippen LogP contribution in [0, 0.1) is 6.92 Å². The number of aromatic nitrogens is 1. The van der Waals surface area contributed by atoms with E-state index in [4.69, 9.17) is 9.84 Å². The molecule has 0 saturated carbocycles. The molecule has 1 amide bonds. The number of rotatable bonds is 4. The zero-order chi connectivity index (χ0) is 15.6. The first-order chi connectivity index (χ1) is 9.86. The summed E-state index contributed by atoms with van der Waals surface area (Å²) in [5.41, 5.74) is 0.496. The van der Waals surface area contributed by atoms with Crippen molar-refractivity contribution in [2.75, 3.05) is 18.8 Å². The summed E-state index contributed by atoms with van der Waals surface area (Å²) in [6, 6.07) is 0. The zero-order valence-electron chi connectivity index (χ0n) is 12.2. The number of aryl methyl sites for hydroxylation is 1. The van der Waals surface area contributed by atoms with Gasteiger partial charge in [-0.05, 0) is 20.8 Å². The maximum Gasteiger partial charge on any atom is 0.347 e. The van der Waals surface area contributed by atoms with Crippen LogP contribution in [0.5, 0.6) is 0 Å². The summed E-state index contributed by atoms with van der Waals surface area (Å²) in [6.07, 6.45) is 0.0897. The van der Waals surface area contributed by atoms with E-state index in [-0.39, 0.29) is 28.7 Å². The first-order valence-electron chi connectivity index (χ1n) is 6.63. The molecule has 0 bridgehead atoms. The second-order valence-corrected chi connectivity index (χ2v) is 7.27. The van der Waals surface area contributed by atoms with Crippen molar-refractivity contribution >= 4 is 35.0 Å². The number of morpholine rings is 1. The highest BCUT2D eigenvalue weighted by Crippen LogP contribution is 2.27. The number of thioether (sulfide) groups is 1. The van der Waals surface area contributed by atoms with Crippen LogP contribution in [0.25, 0.3) is 0 Å². The van der Waals surface area contributed by atoms with Crippen LogP contribution in [0.2, 0.25) is 0 Å². The van der Waals surface area contributed by atoms with Crippen LogP contribution in [-0.4, -0.2) is 57.9 Å². The van der Waals surface area contributed by atoms with Gasteiger partial charge in [-0.2, -0.15) is 0 Å². The summed E-state index contributed by atoms with van der Waals surface area (Å²) >= 11 is 2.40. The van der Waals surface area contributed by atoms with E-state index in [0.717, 1.165) is 11.3 Å². The van der Waals surface area contributed by atoms with E-state index in [1.54, 1.807) is 11.8 Å². The predicted octanol–water partition coefficient (Wildman–Crippen LogP) is 1.88. The average Bonchev–Trinajstić information content (AvgIpc) is 2.76. The molecule has 1 N–H and O–H groups in total. The largest absolute Gasteiger partial charge is 0.477 e. The Hall–Kier alpha value is -1.12. The van der Waals surface area contributed by atoms with Crippen molar-refractivity contribution in [3.63, 3.8) is 0 Å². The van der Waals surface area contributed by atoms with Gasteiger partial charge in [-0.1, -0.05) is 11.8 Å². The summed E-state index contributed by atoms with van der Waals surface area (Å²) in [4.78, 5) is 29.4. The van der Waals surface area contributed by atoms with Crippen LogP contribution < -0.4 is 0 Å². The van der Waals surface area contributed by atoms with E-state index in [9.17, 15) is 9.59 Å². The highest BCUT2D eigenvalue weighted by molar-refractivity contribution is 8.01. The minimum Gasteiger partial charge on any atom is -0.477 e. The Bertz CT molecular complexity index is 536. The number of ether oxygens (including phenoxy) is 1. The summed E-state index contributed by atoms with van der Waals surface area (Å²) in [6.45, 7) is 6.76. The van der Waals surface area contributed by atoms with E-state index in [1.807, 2.05) is 13.8 Å². The van der Waals surface area contributed by atoms with Crippen molar-refractivity contribution in [2.24, 2.45) is 0 Å². The van der Waals surface area contributed by atoms with Gasteiger partial charge in [0, 0.05) is 13.1 Å². The van der Waals surface area contributed by atoms with Crippen LogP contribution in [0.15, 0.2) is 4.34 Å². The molecule has 21 heavy (non-hydrogen) atoms. The normalized spacial score (nSPS) is 22.3. The molecule has 1 aliphatic heterocycles. The van der Waals surface area contributed by atoms with Crippen LogP contribution in [0.1, 0.15) is 29.2 Å². The second kappa shape index (κ2) is 6.76. The van der Waals surface area contributed by atoms with Crippen LogP contribution in [0.4, 0.5) is 0 Å². The van der Waals surface area contributed by atoms with E-state index in [2.05, 4.69) is 4.98 Å². The molecular weight excluding hydrogens is 312 g/mol. The molecule has 2 rings (SSSR count). The van der Waals surface area contributed by atoms with E-state index < -0.39 is 5.97 Å². The number of carbonyl (C=O) groups excluding carboxylic acids is 1. The van der Waals surface area contributed by atoms with Gasteiger partial charge in [0.25, 0.3) is 0 Å². The lowest BCUT2D eigenvalue weighted by molar-refractivity contribution is -0.140. The topological polar surface area (TPSA) is 79.7 Å². The number of aromatic carboxylic acids is 1. The molecule has 2 atom stereocenters. The molecule has 0 aromatic carbocycles. The summed E-state index contributed by atoms with van der Waals surface area (Å²) in [5, 5.41) is 8.99. The number of carboxylic acids is 1. The van der Waals surface area contributed by atoms with Gasteiger partial charge in [-0.3, -0.25) is 4.79 Å². The van der Waals surface area contributed by atoms with E-state index in [1.165, 1.54) is 11.8 Å². The van der Waals surface area contributed by atoms with Crippen molar-refractivity contribution in [3.8, 4) is 0 Å². The first kappa shape index (κ1) is 16.3. The average molecular weight is 330 g/mol. The van der Waals surface area contributed by atoms with Gasteiger partial charge >= 0.3 is 5.97 Å². The molecule has 6 nitrogen and oxygen atoms in total. The van der Waals surface area contributed by atoms with Crippen LogP contribution >= 0.6 is 23.1 Å². The number of carbonyl (C=O) groups is 2. The zero-order valence-corrected chi connectivity index (χ0v) is 13.8. The third-order valence-corrected chi connectivity index (χ3v) is 5.34. The number of hydrogen-bond donors (Lipinski definition) is 1. The molecule has 0 radical (unpaired) electrons. The van der Waals surface area contributed by atoms with Gasteiger partial charge in [0.05, 0.1) is 23.7 Å². The lowest BCUT2D eigenvalue weighted by atomic mass is 10.2. The van der Waals surface area contributed by atoms with E-state index >= 15 is 0 Å². The van der Waals surface area contributed by atoms with Gasteiger partial charge in [0.15, 0.2) is 4.34 Å². The van der Waals surface area contributed by atoms with Crippen molar-refractivity contribution in [1.29, 1.82) is 0 Å². The first-order valence-corrected chi connectivity index (χ1v) is 8.43. The van der Waals surface area contributed by atoms with Crippen molar-refractivity contribution in [2.45, 2.75) is 37.3 Å². The number of amides is 1. The molecule has 2 heterocycles. The number of carboxylic acid groups (broad SMARTS) is 1. The number of thiazole rings is 1. The van der Waals surface area contributed by atoms with Crippen LogP contribution in [-0.2, 0) is 9.53 Å². The third-order valence-electron chi connectivity index (χ3n) is 3.06. The lowest BCUT2D eigenvalue weighted by Crippen LogP contribution is -2.48. The Kier molecular flexibility index (Phi) is 5.23. The van der Waals surface area contributed by atoms with Crippen LogP contribution in [0.3, 0.4) is 0 Å². The molecule has 1 saturated heterocycles. The molecule has 1 aromatic rings. The van der Waals surface area contributed by atoms with Gasteiger partial charge in [0.2, 0.25) is 5.91 Å². The summed E-state index contributed by atoms with van der Waals surface area (Å²) in [5.74, 6) is -0.670. The number of hydrogen-bond acceptors (Lipinski definition) is 6. The van der Waals surface area contributed by atoms with Crippen molar-refractivity contribution in [1.82, 2.24) is 9.88 Å². The monoisotopic (exact) mass is 330 g/mol. The number of nitrogens with zero attached hydrogens (tertiary/aromatic N) is 2. The maximum atomic E-state index is 12.2. The second-order valence-electron chi connectivity index (χ2n) is 5.04. The molecule has 0 aliphatic carbocycles. The Morgan fingerprint density at radius 3 is 2.57 bits per heavy atom. The third kappa shape index (κ3) is 4.18. The Morgan fingerprint density at radius 2 is 2.05 bits per heavy atom. The minimum absolute atomic E-state index is 0.0340. The van der Waals surface area contributed by atoms with Gasteiger partial charge in [0.1, 0.15) is 4.88 Å². The molecule has 1 aliphatic rings. The predicted molar refractivity (Wildman–Crippen MR) is 81.1 cm³/mol.